The van der Waals surface area contributed by atoms with E-state index >= 15 is 0 Å². The summed E-state index contributed by atoms with van der Waals surface area (Å²) in [5.41, 5.74) is 3.67. The number of benzene rings is 1. The highest BCUT2D eigenvalue weighted by atomic mass is 16.2. The second-order valence-corrected chi connectivity index (χ2v) is 6.35. The molecule has 0 radical (unpaired) electrons. The summed E-state index contributed by atoms with van der Waals surface area (Å²) in [7, 11) is 1.56. The molecule has 0 saturated heterocycles. The first-order chi connectivity index (χ1) is 12.4. The largest absolute Gasteiger partial charge is 0.359 e. The Balaban J connectivity index is 2.49. The summed E-state index contributed by atoms with van der Waals surface area (Å²) < 4.78 is 1.75. The molecule has 0 aliphatic rings. The zero-order chi connectivity index (χ0) is 19.3. The lowest BCUT2D eigenvalue weighted by Gasteiger charge is -2.11. The number of nitriles is 1. The minimum Gasteiger partial charge on any atom is -0.359 e. The van der Waals surface area contributed by atoms with E-state index in [4.69, 9.17) is 5.26 Å². The van der Waals surface area contributed by atoms with Crippen LogP contribution in [0.25, 0.3) is 11.3 Å². The van der Waals surface area contributed by atoms with Gasteiger partial charge in [-0.3, -0.25) is 14.3 Å². The fourth-order valence-corrected chi connectivity index (χ4v) is 2.88. The molecule has 0 unspecified atom stereocenters. The van der Waals surface area contributed by atoms with Gasteiger partial charge in [-0.25, -0.2) is 0 Å². The highest BCUT2D eigenvalue weighted by Crippen LogP contribution is 2.29. The second kappa shape index (κ2) is 8.43. The van der Waals surface area contributed by atoms with Gasteiger partial charge >= 0.3 is 0 Å². The molecule has 1 amide bonds. The van der Waals surface area contributed by atoms with E-state index in [1.807, 2.05) is 32.9 Å². The highest BCUT2D eigenvalue weighted by Gasteiger charge is 2.24. The molecule has 6 nitrogen and oxygen atoms in total. The standard InChI is InChI=1S/C20H24N4O2/c1-5-16-19(15-8-6-14(12-21)7-9-15)23-24(13(2)3)20(16)17(25)10-11-18(26)22-4/h6-9,13H,5,10-11H2,1-4H3,(H,22,26). The summed E-state index contributed by atoms with van der Waals surface area (Å²) in [5.74, 6) is -0.231. The first-order valence-corrected chi connectivity index (χ1v) is 8.78. The molecule has 0 spiro atoms. The van der Waals surface area contributed by atoms with Gasteiger partial charge in [0.05, 0.1) is 17.3 Å². The lowest BCUT2D eigenvalue weighted by molar-refractivity contribution is -0.120. The van der Waals surface area contributed by atoms with Gasteiger partial charge in [0, 0.05) is 37.1 Å². The molecule has 1 heterocycles. The fourth-order valence-electron chi connectivity index (χ4n) is 2.88. The van der Waals surface area contributed by atoms with Crippen molar-refractivity contribution < 1.29 is 9.59 Å². The zero-order valence-electron chi connectivity index (χ0n) is 15.7. The maximum absolute atomic E-state index is 12.8. The van der Waals surface area contributed by atoms with E-state index in [1.54, 1.807) is 23.9 Å². The van der Waals surface area contributed by atoms with Gasteiger partial charge in [0.15, 0.2) is 5.78 Å². The molecule has 136 valence electrons. The van der Waals surface area contributed by atoms with Crippen molar-refractivity contribution in [3.8, 4) is 17.3 Å². The molecule has 26 heavy (non-hydrogen) atoms. The molecule has 1 N–H and O–H groups in total. The van der Waals surface area contributed by atoms with Crippen molar-refractivity contribution in [3.63, 3.8) is 0 Å². The van der Waals surface area contributed by atoms with Crippen LogP contribution in [0.15, 0.2) is 24.3 Å². The van der Waals surface area contributed by atoms with Crippen molar-refractivity contribution in [2.75, 3.05) is 7.05 Å². The molecule has 0 aliphatic heterocycles. The van der Waals surface area contributed by atoms with Gasteiger partial charge in [0.1, 0.15) is 5.69 Å². The Morgan fingerprint density at radius 2 is 1.88 bits per heavy atom. The molecule has 1 aromatic carbocycles. The third-order valence-corrected chi connectivity index (χ3v) is 4.26. The van der Waals surface area contributed by atoms with Crippen molar-refractivity contribution in [2.45, 2.75) is 46.1 Å². The number of hydrogen-bond acceptors (Lipinski definition) is 4. The summed E-state index contributed by atoms with van der Waals surface area (Å²) >= 11 is 0. The van der Waals surface area contributed by atoms with Crippen LogP contribution in [0.2, 0.25) is 0 Å². The molecule has 0 atom stereocenters. The Morgan fingerprint density at radius 3 is 2.38 bits per heavy atom. The Hall–Kier alpha value is -2.94. The van der Waals surface area contributed by atoms with Crippen molar-refractivity contribution in [1.82, 2.24) is 15.1 Å². The van der Waals surface area contributed by atoms with E-state index in [0.717, 1.165) is 16.8 Å². The Morgan fingerprint density at radius 1 is 1.23 bits per heavy atom. The SMILES string of the molecule is CCc1c(-c2ccc(C#N)cc2)nn(C(C)C)c1C(=O)CCC(=O)NC. The molecule has 0 bridgehead atoms. The van der Waals surface area contributed by atoms with Gasteiger partial charge in [-0.05, 0) is 32.4 Å². The van der Waals surface area contributed by atoms with Crippen molar-refractivity contribution in [1.29, 1.82) is 5.26 Å². The zero-order valence-corrected chi connectivity index (χ0v) is 15.7. The number of Topliss-reactive ketones (excluding diaryl/α,β-unsaturated/α-hetero) is 1. The lowest BCUT2D eigenvalue weighted by Crippen LogP contribution is -2.20. The van der Waals surface area contributed by atoms with Crippen LogP contribution in [-0.4, -0.2) is 28.5 Å². The third kappa shape index (κ3) is 3.99. The smallest absolute Gasteiger partial charge is 0.220 e. The van der Waals surface area contributed by atoms with E-state index in [2.05, 4.69) is 16.5 Å². The maximum atomic E-state index is 12.8. The number of rotatable bonds is 7. The first-order valence-electron chi connectivity index (χ1n) is 8.78. The number of carbonyl (C=O) groups excluding carboxylic acids is 2. The van der Waals surface area contributed by atoms with Crippen LogP contribution in [0.1, 0.15) is 61.3 Å². The van der Waals surface area contributed by atoms with Crippen molar-refractivity contribution in [3.05, 3.63) is 41.1 Å². The van der Waals surface area contributed by atoms with E-state index in [9.17, 15) is 9.59 Å². The summed E-state index contributed by atoms with van der Waals surface area (Å²) in [4.78, 5) is 24.3. The van der Waals surface area contributed by atoms with Crippen LogP contribution in [0, 0.1) is 11.3 Å². The van der Waals surface area contributed by atoms with E-state index in [1.165, 1.54) is 0 Å². The molecule has 0 fully saturated rings. The van der Waals surface area contributed by atoms with Gasteiger partial charge in [-0.1, -0.05) is 19.1 Å². The maximum Gasteiger partial charge on any atom is 0.220 e. The molecule has 2 rings (SSSR count). The molecule has 0 aliphatic carbocycles. The number of ketones is 1. The molecule has 6 heteroatoms. The predicted octanol–water partition coefficient (Wildman–Crippen LogP) is 3.27. The molecule has 0 saturated carbocycles. The Kier molecular flexibility index (Phi) is 6.29. The minimum atomic E-state index is -0.153. The summed E-state index contributed by atoms with van der Waals surface area (Å²) in [6, 6.07) is 9.32. The van der Waals surface area contributed by atoms with Gasteiger partial charge in [0.25, 0.3) is 0 Å². The van der Waals surface area contributed by atoms with Crippen LogP contribution >= 0.6 is 0 Å². The average molecular weight is 352 g/mol. The van der Waals surface area contributed by atoms with Crippen LogP contribution in [0.4, 0.5) is 0 Å². The summed E-state index contributed by atoms with van der Waals surface area (Å²) in [5, 5.41) is 16.2. The van der Waals surface area contributed by atoms with Crippen molar-refractivity contribution in [2.24, 2.45) is 0 Å². The van der Waals surface area contributed by atoms with Gasteiger partial charge < -0.3 is 5.32 Å². The topological polar surface area (TPSA) is 87.8 Å². The van der Waals surface area contributed by atoms with E-state index < -0.39 is 0 Å². The van der Waals surface area contributed by atoms with Crippen LogP contribution in [-0.2, 0) is 11.2 Å². The van der Waals surface area contributed by atoms with Crippen LogP contribution in [0.5, 0.6) is 0 Å². The molecular weight excluding hydrogens is 328 g/mol. The number of amides is 1. The fraction of sp³-hybridized carbons (Fsp3) is 0.400. The average Bonchev–Trinajstić information content (AvgIpc) is 3.05. The Labute approximate surface area is 153 Å². The predicted molar refractivity (Wildman–Crippen MR) is 99.8 cm³/mol. The molecular formula is C20H24N4O2. The van der Waals surface area contributed by atoms with Crippen LogP contribution < -0.4 is 5.32 Å². The lowest BCUT2D eigenvalue weighted by atomic mass is 9.99. The minimum absolute atomic E-state index is 0.0198. The van der Waals surface area contributed by atoms with Crippen LogP contribution in [0.3, 0.4) is 0 Å². The van der Waals surface area contributed by atoms with E-state index in [0.29, 0.717) is 17.7 Å². The second-order valence-electron chi connectivity index (χ2n) is 6.35. The third-order valence-electron chi connectivity index (χ3n) is 4.26. The number of nitrogens with zero attached hydrogens (tertiary/aromatic N) is 3. The first kappa shape index (κ1) is 19.4. The van der Waals surface area contributed by atoms with E-state index in [-0.39, 0.29) is 30.6 Å². The number of carbonyl (C=O) groups is 2. The molecule has 2 aromatic rings. The summed E-state index contributed by atoms with van der Waals surface area (Å²) in [6.07, 6.45) is 0.967. The normalized spacial score (nSPS) is 10.6. The van der Waals surface area contributed by atoms with Gasteiger partial charge in [-0.15, -0.1) is 0 Å². The monoisotopic (exact) mass is 352 g/mol. The van der Waals surface area contributed by atoms with Crippen molar-refractivity contribution >= 4 is 11.7 Å². The van der Waals surface area contributed by atoms with Gasteiger partial charge in [-0.2, -0.15) is 10.4 Å². The number of aromatic nitrogens is 2. The number of nitrogens with one attached hydrogen (secondary N) is 1. The Bertz CT molecular complexity index is 842. The highest BCUT2D eigenvalue weighted by molar-refractivity contribution is 5.99. The quantitative estimate of drug-likeness (QED) is 0.775. The van der Waals surface area contributed by atoms with Gasteiger partial charge in [0.2, 0.25) is 5.91 Å². The molecule has 1 aromatic heterocycles. The number of hydrogen-bond donors (Lipinski definition) is 1. The summed E-state index contributed by atoms with van der Waals surface area (Å²) in [6.45, 7) is 5.94.